The summed E-state index contributed by atoms with van der Waals surface area (Å²) >= 11 is 1.72. The molecule has 0 fully saturated rings. The Morgan fingerprint density at radius 3 is 2.56 bits per heavy atom. The van der Waals surface area contributed by atoms with Crippen LogP contribution >= 0.6 is 11.8 Å². The largest absolute Gasteiger partial charge is 0.365 e. The zero-order valence-electron chi connectivity index (χ0n) is 9.42. The number of thioether (sulfide) groups is 1. The highest BCUT2D eigenvalue weighted by Crippen LogP contribution is 2.19. The van der Waals surface area contributed by atoms with Crippen molar-refractivity contribution in [2.24, 2.45) is 0 Å². The number of aliphatic hydroxyl groups excluding tert-OH is 1. The second-order valence-electron chi connectivity index (χ2n) is 3.38. The molecule has 0 amide bonds. The molecule has 16 heavy (non-hydrogen) atoms. The van der Waals surface area contributed by atoms with Gasteiger partial charge in [-0.2, -0.15) is 0 Å². The first-order chi connectivity index (χ1) is 7.63. The van der Waals surface area contributed by atoms with E-state index in [-0.39, 0.29) is 0 Å². The van der Waals surface area contributed by atoms with Crippen molar-refractivity contribution >= 4 is 17.8 Å². The molecule has 0 aliphatic heterocycles. The van der Waals surface area contributed by atoms with E-state index in [1.165, 1.54) is 16.5 Å². The zero-order valence-corrected chi connectivity index (χ0v) is 10.2. The molecular formula is C13H16O2S. The van der Waals surface area contributed by atoms with Gasteiger partial charge in [-0.25, -0.2) is 0 Å². The molecule has 2 N–H and O–H groups in total. The summed E-state index contributed by atoms with van der Waals surface area (Å²) in [5, 5.41) is 17.2. The van der Waals surface area contributed by atoms with Crippen LogP contribution in [0, 0.1) is 6.92 Å². The Kier molecular flexibility index (Phi) is 5.32. The highest BCUT2D eigenvalue weighted by molar-refractivity contribution is 7.98. The SMILES string of the molecule is CSc1ccc(/C=C/C=C/C(O)O)c(C)c1. The smallest absolute Gasteiger partial charge is 0.171 e. The number of benzene rings is 1. The molecule has 0 aliphatic carbocycles. The van der Waals surface area contributed by atoms with Crippen LogP contribution in [0.1, 0.15) is 11.1 Å². The quantitative estimate of drug-likeness (QED) is 0.479. The maximum absolute atomic E-state index is 8.60. The topological polar surface area (TPSA) is 40.5 Å². The van der Waals surface area contributed by atoms with Crippen LogP contribution in [0.2, 0.25) is 0 Å². The van der Waals surface area contributed by atoms with Gasteiger partial charge in [-0.1, -0.05) is 24.3 Å². The Hall–Kier alpha value is -1.03. The molecule has 0 atom stereocenters. The number of hydrogen-bond donors (Lipinski definition) is 2. The van der Waals surface area contributed by atoms with Crippen LogP contribution in [-0.4, -0.2) is 22.8 Å². The molecular weight excluding hydrogens is 220 g/mol. The molecule has 0 bridgehead atoms. The highest BCUT2D eigenvalue weighted by Gasteiger charge is 1.95. The van der Waals surface area contributed by atoms with Gasteiger partial charge in [-0.15, -0.1) is 11.8 Å². The molecule has 0 aromatic heterocycles. The molecule has 0 aliphatic rings. The fourth-order valence-electron chi connectivity index (χ4n) is 1.28. The Balaban J connectivity index is 2.74. The molecule has 0 heterocycles. The van der Waals surface area contributed by atoms with Crippen molar-refractivity contribution in [1.82, 2.24) is 0 Å². The molecule has 86 valence electrons. The van der Waals surface area contributed by atoms with Crippen molar-refractivity contribution in [2.75, 3.05) is 6.26 Å². The number of aliphatic hydroxyl groups is 2. The summed E-state index contributed by atoms with van der Waals surface area (Å²) in [6.45, 7) is 2.06. The minimum absolute atomic E-state index is 1.13. The predicted octanol–water partition coefficient (Wildman–Crippen LogP) is 2.60. The summed E-state index contributed by atoms with van der Waals surface area (Å²) in [5.41, 5.74) is 2.34. The lowest BCUT2D eigenvalue weighted by Gasteiger charge is -2.02. The monoisotopic (exact) mass is 236 g/mol. The van der Waals surface area contributed by atoms with E-state index in [1.54, 1.807) is 23.9 Å². The van der Waals surface area contributed by atoms with Crippen molar-refractivity contribution in [3.8, 4) is 0 Å². The average Bonchev–Trinajstić information content (AvgIpc) is 2.25. The van der Waals surface area contributed by atoms with E-state index in [0.717, 1.165) is 5.56 Å². The van der Waals surface area contributed by atoms with E-state index in [2.05, 4.69) is 31.4 Å². The highest BCUT2D eigenvalue weighted by atomic mass is 32.2. The molecule has 0 spiro atoms. The fourth-order valence-corrected chi connectivity index (χ4v) is 1.78. The lowest BCUT2D eigenvalue weighted by molar-refractivity contribution is 0.00239. The average molecular weight is 236 g/mol. The molecule has 1 rings (SSSR count). The Morgan fingerprint density at radius 2 is 2.00 bits per heavy atom. The number of aryl methyl sites for hydroxylation is 1. The van der Waals surface area contributed by atoms with Crippen molar-refractivity contribution in [2.45, 2.75) is 18.1 Å². The Bertz CT molecular complexity index is 395. The van der Waals surface area contributed by atoms with Crippen LogP contribution in [0.25, 0.3) is 6.08 Å². The van der Waals surface area contributed by atoms with Gasteiger partial charge in [-0.3, -0.25) is 0 Å². The van der Waals surface area contributed by atoms with E-state index in [4.69, 9.17) is 10.2 Å². The Morgan fingerprint density at radius 1 is 1.25 bits per heavy atom. The minimum atomic E-state index is -1.38. The van der Waals surface area contributed by atoms with Gasteiger partial charge in [-0.05, 0) is 42.5 Å². The lowest BCUT2D eigenvalue weighted by Crippen LogP contribution is -1.96. The third-order valence-corrected chi connectivity index (χ3v) is 2.87. The van der Waals surface area contributed by atoms with E-state index in [0.29, 0.717) is 0 Å². The number of rotatable bonds is 4. The molecule has 0 saturated carbocycles. The third-order valence-electron chi connectivity index (χ3n) is 2.15. The van der Waals surface area contributed by atoms with Crippen LogP contribution in [0.5, 0.6) is 0 Å². The van der Waals surface area contributed by atoms with E-state index in [1.807, 2.05) is 6.08 Å². The summed E-state index contributed by atoms with van der Waals surface area (Å²) in [6.07, 6.45) is 7.33. The third kappa shape index (κ3) is 4.23. The van der Waals surface area contributed by atoms with E-state index in [9.17, 15) is 0 Å². The molecule has 0 saturated heterocycles. The standard InChI is InChI=1S/C13H16O2S/c1-10-9-12(16-2)8-7-11(10)5-3-4-6-13(14)15/h3-9,13-15H,1-2H3/b5-3+,6-4+. The van der Waals surface area contributed by atoms with Crippen molar-refractivity contribution in [3.05, 3.63) is 47.6 Å². The van der Waals surface area contributed by atoms with Crippen molar-refractivity contribution < 1.29 is 10.2 Å². The normalized spacial score (nSPS) is 12.1. The predicted molar refractivity (Wildman–Crippen MR) is 69.4 cm³/mol. The first kappa shape index (κ1) is 13.0. The lowest BCUT2D eigenvalue weighted by atomic mass is 10.1. The summed E-state index contributed by atoms with van der Waals surface area (Å²) < 4.78 is 0. The van der Waals surface area contributed by atoms with Gasteiger partial charge in [0.05, 0.1) is 0 Å². The van der Waals surface area contributed by atoms with Gasteiger partial charge in [0.25, 0.3) is 0 Å². The summed E-state index contributed by atoms with van der Waals surface area (Å²) in [4.78, 5) is 1.25. The van der Waals surface area contributed by atoms with Gasteiger partial charge in [0.15, 0.2) is 6.29 Å². The van der Waals surface area contributed by atoms with Crippen LogP contribution in [0.15, 0.2) is 41.3 Å². The second-order valence-corrected chi connectivity index (χ2v) is 4.26. The van der Waals surface area contributed by atoms with Gasteiger partial charge >= 0.3 is 0 Å². The molecule has 2 nitrogen and oxygen atoms in total. The van der Waals surface area contributed by atoms with E-state index >= 15 is 0 Å². The van der Waals surface area contributed by atoms with Gasteiger partial charge < -0.3 is 10.2 Å². The Labute approximate surface area is 100 Å². The van der Waals surface area contributed by atoms with Gasteiger partial charge in [0, 0.05) is 4.90 Å². The molecule has 1 aromatic carbocycles. The van der Waals surface area contributed by atoms with Crippen LogP contribution in [0.3, 0.4) is 0 Å². The molecule has 0 radical (unpaired) electrons. The summed E-state index contributed by atoms with van der Waals surface area (Å²) in [7, 11) is 0. The molecule has 0 unspecified atom stereocenters. The van der Waals surface area contributed by atoms with Gasteiger partial charge in [0.1, 0.15) is 0 Å². The van der Waals surface area contributed by atoms with E-state index < -0.39 is 6.29 Å². The maximum atomic E-state index is 8.60. The maximum Gasteiger partial charge on any atom is 0.171 e. The number of allylic oxidation sites excluding steroid dienone is 2. The first-order valence-corrected chi connectivity index (χ1v) is 6.21. The zero-order chi connectivity index (χ0) is 12.0. The fraction of sp³-hybridized carbons (Fsp3) is 0.231. The van der Waals surface area contributed by atoms with Crippen LogP contribution in [-0.2, 0) is 0 Å². The minimum Gasteiger partial charge on any atom is -0.365 e. The van der Waals surface area contributed by atoms with Crippen molar-refractivity contribution in [1.29, 1.82) is 0 Å². The first-order valence-electron chi connectivity index (χ1n) is 4.99. The molecule has 3 heteroatoms. The summed E-state index contributed by atoms with van der Waals surface area (Å²) in [5.74, 6) is 0. The number of hydrogen-bond acceptors (Lipinski definition) is 3. The molecule has 1 aromatic rings. The second kappa shape index (κ2) is 6.53. The van der Waals surface area contributed by atoms with Crippen molar-refractivity contribution in [3.63, 3.8) is 0 Å². The summed E-state index contributed by atoms with van der Waals surface area (Å²) in [6, 6.07) is 6.26. The van der Waals surface area contributed by atoms with Crippen LogP contribution in [0.4, 0.5) is 0 Å². The van der Waals surface area contributed by atoms with Gasteiger partial charge in [0.2, 0.25) is 0 Å². The van der Waals surface area contributed by atoms with Crippen LogP contribution < -0.4 is 0 Å².